The molecule has 0 N–H and O–H groups in total. The lowest BCUT2D eigenvalue weighted by molar-refractivity contribution is -0.125. The van der Waals surface area contributed by atoms with Crippen molar-refractivity contribution in [2.24, 2.45) is 0 Å². The number of allylic oxidation sites excluding steroid dienone is 1. The zero-order valence-electron chi connectivity index (χ0n) is 20.9. The Morgan fingerprint density at radius 2 is 1.29 bits per heavy atom. The van der Waals surface area contributed by atoms with E-state index >= 15 is 0 Å². The number of benzene rings is 3. The summed E-state index contributed by atoms with van der Waals surface area (Å²) in [5.74, 6) is 0.0515. The van der Waals surface area contributed by atoms with Gasteiger partial charge in [0.05, 0.1) is 0 Å². The van der Waals surface area contributed by atoms with Crippen LogP contribution in [0, 0.1) is 0 Å². The van der Waals surface area contributed by atoms with Gasteiger partial charge in [-0.3, -0.25) is 4.79 Å². The van der Waals surface area contributed by atoms with Gasteiger partial charge < -0.3 is 9.80 Å². The normalized spacial score (nSPS) is 12.1. The highest BCUT2D eigenvalue weighted by atomic mass is 16.2. The zero-order chi connectivity index (χ0) is 24.3. The predicted octanol–water partition coefficient (Wildman–Crippen LogP) is 6.48. The number of carbonyl (C=O) groups excluding carboxylic acids is 1. The van der Waals surface area contributed by atoms with E-state index in [1.54, 1.807) is 6.08 Å². The smallest absolute Gasteiger partial charge is 0.246 e. The summed E-state index contributed by atoms with van der Waals surface area (Å²) in [7, 11) is 4.05. The molecule has 0 fully saturated rings. The Bertz CT molecular complexity index is 1100. The highest BCUT2D eigenvalue weighted by Crippen LogP contribution is 2.34. The molecule has 0 spiro atoms. The SMILES string of the molecule is CCC(=C(c1ccccc1)c1ccc(C=CC(=O)N(CC)CCN(C)C)cc1)c1ccccc1. The molecule has 1 amide bonds. The fourth-order valence-electron chi connectivity index (χ4n) is 4.06. The van der Waals surface area contributed by atoms with Crippen LogP contribution in [0.5, 0.6) is 0 Å². The molecular weight excluding hydrogens is 416 g/mol. The fourth-order valence-corrected chi connectivity index (χ4v) is 4.06. The second kappa shape index (κ2) is 12.7. The average Bonchev–Trinajstić information content (AvgIpc) is 2.87. The van der Waals surface area contributed by atoms with E-state index < -0.39 is 0 Å². The summed E-state index contributed by atoms with van der Waals surface area (Å²) in [6.45, 7) is 6.53. The monoisotopic (exact) mass is 452 g/mol. The van der Waals surface area contributed by atoms with Crippen molar-refractivity contribution in [2.75, 3.05) is 33.7 Å². The lowest BCUT2D eigenvalue weighted by Gasteiger charge is -2.21. The maximum Gasteiger partial charge on any atom is 0.246 e. The summed E-state index contributed by atoms with van der Waals surface area (Å²) in [5.41, 5.74) is 7.23. The second-order valence-electron chi connectivity index (χ2n) is 8.62. The Labute approximate surface area is 205 Å². The van der Waals surface area contributed by atoms with Crippen molar-refractivity contribution in [3.05, 3.63) is 113 Å². The van der Waals surface area contributed by atoms with Gasteiger partial charge in [0.2, 0.25) is 5.91 Å². The van der Waals surface area contributed by atoms with Crippen LogP contribution in [0.4, 0.5) is 0 Å². The minimum atomic E-state index is 0.0515. The molecule has 3 rings (SSSR count). The van der Waals surface area contributed by atoms with Gasteiger partial charge in [-0.05, 0) is 66.9 Å². The van der Waals surface area contributed by atoms with Crippen LogP contribution in [0.15, 0.2) is 91.0 Å². The molecule has 3 aromatic carbocycles. The van der Waals surface area contributed by atoms with Crippen molar-refractivity contribution < 1.29 is 4.79 Å². The van der Waals surface area contributed by atoms with Crippen LogP contribution in [0.25, 0.3) is 17.2 Å². The average molecular weight is 453 g/mol. The van der Waals surface area contributed by atoms with E-state index in [1.165, 1.54) is 27.8 Å². The zero-order valence-corrected chi connectivity index (χ0v) is 20.9. The minimum Gasteiger partial charge on any atom is -0.338 e. The van der Waals surface area contributed by atoms with Crippen LogP contribution in [0.1, 0.15) is 42.5 Å². The van der Waals surface area contributed by atoms with Crippen molar-refractivity contribution in [3.8, 4) is 0 Å². The molecule has 0 bridgehead atoms. The predicted molar refractivity (Wildman–Crippen MR) is 145 cm³/mol. The van der Waals surface area contributed by atoms with Crippen molar-refractivity contribution >= 4 is 23.1 Å². The maximum absolute atomic E-state index is 12.6. The molecule has 3 aromatic rings. The molecular formula is C31H36N2O. The summed E-state index contributed by atoms with van der Waals surface area (Å²) in [5, 5.41) is 0. The Kier molecular flexibility index (Phi) is 9.42. The maximum atomic E-state index is 12.6. The van der Waals surface area contributed by atoms with E-state index in [4.69, 9.17) is 0 Å². The van der Waals surface area contributed by atoms with Crippen molar-refractivity contribution in [2.45, 2.75) is 20.3 Å². The molecule has 0 heterocycles. The Hall–Kier alpha value is -3.43. The van der Waals surface area contributed by atoms with E-state index in [0.29, 0.717) is 6.54 Å². The summed E-state index contributed by atoms with van der Waals surface area (Å²) in [4.78, 5) is 16.6. The molecule has 0 aromatic heterocycles. The fraction of sp³-hybridized carbons (Fsp3) is 0.258. The van der Waals surface area contributed by atoms with E-state index in [2.05, 4.69) is 96.8 Å². The third-order valence-electron chi connectivity index (χ3n) is 5.97. The Morgan fingerprint density at radius 1 is 0.735 bits per heavy atom. The molecule has 34 heavy (non-hydrogen) atoms. The first kappa shape index (κ1) is 25.2. The van der Waals surface area contributed by atoms with Gasteiger partial charge in [-0.15, -0.1) is 0 Å². The minimum absolute atomic E-state index is 0.0515. The van der Waals surface area contributed by atoms with Gasteiger partial charge in [0.1, 0.15) is 0 Å². The van der Waals surface area contributed by atoms with E-state index in [1.807, 2.05) is 32.0 Å². The topological polar surface area (TPSA) is 23.6 Å². The van der Waals surface area contributed by atoms with Gasteiger partial charge in [0, 0.05) is 25.7 Å². The summed E-state index contributed by atoms with van der Waals surface area (Å²) < 4.78 is 0. The Balaban J connectivity index is 1.90. The quantitative estimate of drug-likeness (QED) is 0.260. The molecule has 176 valence electrons. The van der Waals surface area contributed by atoms with Gasteiger partial charge in [-0.2, -0.15) is 0 Å². The first-order valence-electron chi connectivity index (χ1n) is 12.1. The van der Waals surface area contributed by atoms with Gasteiger partial charge in [-0.25, -0.2) is 0 Å². The molecule has 0 aliphatic carbocycles. The van der Waals surface area contributed by atoms with Crippen LogP contribution in [0.3, 0.4) is 0 Å². The molecule has 3 heteroatoms. The number of hydrogen-bond donors (Lipinski definition) is 0. The van der Waals surface area contributed by atoms with E-state index in [0.717, 1.165) is 25.1 Å². The van der Waals surface area contributed by atoms with Gasteiger partial charge in [0.25, 0.3) is 0 Å². The number of nitrogens with zero attached hydrogens (tertiary/aromatic N) is 2. The molecule has 0 aliphatic rings. The van der Waals surface area contributed by atoms with Crippen LogP contribution >= 0.6 is 0 Å². The molecule has 0 aliphatic heterocycles. The summed E-state index contributed by atoms with van der Waals surface area (Å²) in [6, 6.07) is 29.7. The lowest BCUT2D eigenvalue weighted by atomic mass is 9.88. The highest BCUT2D eigenvalue weighted by Gasteiger charge is 2.13. The molecule has 0 saturated heterocycles. The van der Waals surface area contributed by atoms with Crippen molar-refractivity contribution in [1.29, 1.82) is 0 Å². The third kappa shape index (κ3) is 6.79. The first-order chi connectivity index (χ1) is 16.5. The van der Waals surface area contributed by atoms with E-state index in [9.17, 15) is 4.79 Å². The summed E-state index contributed by atoms with van der Waals surface area (Å²) in [6.07, 6.45) is 4.53. The first-order valence-corrected chi connectivity index (χ1v) is 12.1. The number of likely N-dealkylation sites (N-methyl/N-ethyl adjacent to an activating group) is 2. The number of rotatable bonds is 10. The number of amides is 1. The van der Waals surface area contributed by atoms with Crippen molar-refractivity contribution in [1.82, 2.24) is 9.80 Å². The number of carbonyl (C=O) groups is 1. The highest BCUT2D eigenvalue weighted by molar-refractivity contribution is 5.98. The van der Waals surface area contributed by atoms with Gasteiger partial charge in [0.15, 0.2) is 0 Å². The van der Waals surface area contributed by atoms with Crippen LogP contribution in [-0.4, -0.2) is 49.4 Å². The lowest BCUT2D eigenvalue weighted by Crippen LogP contribution is -2.35. The van der Waals surface area contributed by atoms with Crippen LogP contribution < -0.4 is 0 Å². The Morgan fingerprint density at radius 3 is 1.82 bits per heavy atom. The standard InChI is InChI=1S/C31H36N2O/c1-5-29(26-13-9-7-10-14-26)31(27-15-11-8-12-16-27)28-20-17-25(18-21-28)19-22-30(34)33(6-2)24-23-32(3)4/h7-22H,5-6,23-24H2,1-4H3. The molecule has 0 radical (unpaired) electrons. The number of hydrogen-bond acceptors (Lipinski definition) is 2. The van der Waals surface area contributed by atoms with Crippen LogP contribution in [0.2, 0.25) is 0 Å². The second-order valence-corrected chi connectivity index (χ2v) is 8.62. The van der Waals surface area contributed by atoms with Crippen LogP contribution in [-0.2, 0) is 4.79 Å². The van der Waals surface area contributed by atoms with E-state index in [-0.39, 0.29) is 5.91 Å². The van der Waals surface area contributed by atoms with Gasteiger partial charge >= 0.3 is 0 Å². The molecule has 3 nitrogen and oxygen atoms in total. The van der Waals surface area contributed by atoms with Gasteiger partial charge in [-0.1, -0.05) is 91.9 Å². The molecule has 0 atom stereocenters. The van der Waals surface area contributed by atoms with Crippen molar-refractivity contribution in [3.63, 3.8) is 0 Å². The third-order valence-corrected chi connectivity index (χ3v) is 5.97. The summed E-state index contributed by atoms with van der Waals surface area (Å²) >= 11 is 0. The molecule has 0 saturated carbocycles. The molecule has 0 unspecified atom stereocenters. The largest absolute Gasteiger partial charge is 0.338 e.